The average molecular weight is 304 g/mol. The molecule has 0 unspecified atom stereocenters. The van der Waals surface area contributed by atoms with Crippen molar-refractivity contribution in [3.8, 4) is 0 Å². The van der Waals surface area contributed by atoms with Crippen LogP contribution in [-0.2, 0) is 0 Å². The van der Waals surface area contributed by atoms with Crippen molar-refractivity contribution in [1.82, 2.24) is 0 Å². The summed E-state index contributed by atoms with van der Waals surface area (Å²) in [6.45, 7) is 0. The van der Waals surface area contributed by atoms with Gasteiger partial charge in [0, 0.05) is 17.1 Å². The Morgan fingerprint density at radius 3 is 0.955 bits per heavy atom. The van der Waals surface area contributed by atoms with E-state index in [1.165, 1.54) is 0 Å². The normalized spacial score (nSPS) is 10.2. The average Bonchev–Trinajstić information content (AvgIpc) is 2.57. The van der Waals surface area contributed by atoms with Crippen molar-refractivity contribution >= 4 is 26.3 Å². The van der Waals surface area contributed by atoms with Gasteiger partial charge in [-0.1, -0.05) is 54.6 Å². The summed E-state index contributed by atoms with van der Waals surface area (Å²) < 4.78 is 0. The first kappa shape index (κ1) is 14.2. The second-order valence-corrected chi connectivity index (χ2v) is 6.35. The quantitative estimate of drug-likeness (QED) is 0.594. The first-order valence-electron chi connectivity index (χ1n) is 7.23. The first-order valence-corrected chi connectivity index (χ1v) is 8.73. The highest BCUT2D eigenvalue weighted by Gasteiger charge is 2.14. The largest absolute Gasteiger partial charge is 0.427 e. The summed E-state index contributed by atoms with van der Waals surface area (Å²) in [7, 11) is -1.25. The molecule has 0 aliphatic carbocycles. The highest BCUT2D eigenvalue weighted by atomic mass is 28.3. The van der Waals surface area contributed by atoms with Crippen LogP contribution in [0.15, 0.2) is 91.0 Å². The molecule has 3 rings (SSSR count). The highest BCUT2D eigenvalue weighted by molar-refractivity contribution is 6.69. The van der Waals surface area contributed by atoms with E-state index in [0.29, 0.717) is 0 Å². The number of benzene rings is 3. The topological polar surface area (TPSA) is 36.1 Å². The maximum Gasteiger partial charge on any atom is 0.427 e. The minimum absolute atomic E-state index is 1.10. The lowest BCUT2D eigenvalue weighted by Gasteiger charge is -2.20. The summed E-state index contributed by atoms with van der Waals surface area (Å²) in [5.41, 5.74) is 3.30. The van der Waals surface area contributed by atoms with Gasteiger partial charge in [-0.15, -0.1) is 0 Å². The van der Waals surface area contributed by atoms with Crippen LogP contribution in [0, 0.1) is 0 Å². The zero-order valence-corrected chi connectivity index (χ0v) is 13.2. The summed E-state index contributed by atoms with van der Waals surface area (Å²) in [6, 6.07) is 30.7. The Kier molecular flexibility index (Phi) is 4.74. The van der Waals surface area contributed by atoms with E-state index in [4.69, 9.17) is 0 Å². The van der Waals surface area contributed by atoms with Crippen molar-refractivity contribution in [2.24, 2.45) is 0 Å². The van der Waals surface area contributed by atoms with Crippen molar-refractivity contribution in [2.45, 2.75) is 0 Å². The maximum atomic E-state index is 3.56. The Hall–Kier alpha value is -2.72. The lowest BCUT2D eigenvalue weighted by Crippen LogP contribution is -2.42. The molecule has 0 aromatic heterocycles. The second-order valence-electron chi connectivity index (χ2n) is 4.85. The molecule has 0 amide bonds. The van der Waals surface area contributed by atoms with Crippen LogP contribution in [0.5, 0.6) is 0 Å². The summed E-state index contributed by atoms with van der Waals surface area (Å²) in [5.74, 6) is 0. The standard InChI is InChI=1S/C18H18N3Si/c1-4-10-16(11-5-1)19-22(20-17-12-6-2-7-13-17)21-18-14-8-3-9-15-18/h1-15,19-21H. The molecule has 3 N–H and O–H groups in total. The van der Waals surface area contributed by atoms with Gasteiger partial charge in [0.15, 0.2) is 0 Å². The molecule has 3 aromatic carbocycles. The fourth-order valence-corrected chi connectivity index (χ4v) is 3.64. The van der Waals surface area contributed by atoms with Crippen molar-refractivity contribution in [3.63, 3.8) is 0 Å². The number of nitrogens with one attached hydrogen (secondary N) is 3. The summed E-state index contributed by atoms with van der Waals surface area (Å²) >= 11 is 0. The molecule has 0 spiro atoms. The molecular formula is C18H18N3Si. The molecule has 0 saturated heterocycles. The van der Waals surface area contributed by atoms with Gasteiger partial charge in [-0.3, -0.25) is 0 Å². The van der Waals surface area contributed by atoms with Crippen LogP contribution >= 0.6 is 0 Å². The van der Waals surface area contributed by atoms with Crippen LogP contribution < -0.4 is 14.9 Å². The Bertz CT molecular complexity index is 576. The Morgan fingerprint density at radius 2 is 0.682 bits per heavy atom. The van der Waals surface area contributed by atoms with Gasteiger partial charge in [0.2, 0.25) is 0 Å². The molecule has 0 bridgehead atoms. The maximum absolute atomic E-state index is 3.56. The third kappa shape index (κ3) is 4.13. The van der Waals surface area contributed by atoms with E-state index in [-0.39, 0.29) is 0 Å². The number of hydrogen-bond donors (Lipinski definition) is 3. The molecule has 0 fully saturated rings. The van der Waals surface area contributed by atoms with E-state index in [9.17, 15) is 0 Å². The number of hydrogen-bond acceptors (Lipinski definition) is 3. The molecule has 0 saturated carbocycles. The van der Waals surface area contributed by atoms with Crippen LogP contribution in [-0.4, -0.2) is 9.28 Å². The number of para-hydroxylation sites is 3. The molecule has 0 heterocycles. The summed E-state index contributed by atoms with van der Waals surface area (Å²) in [4.78, 5) is 10.7. The zero-order chi connectivity index (χ0) is 15.0. The monoisotopic (exact) mass is 304 g/mol. The molecule has 22 heavy (non-hydrogen) atoms. The van der Waals surface area contributed by atoms with Crippen LogP contribution in [0.25, 0.3) is 0 Å². The minimum atomic E-state index is -1.25. The molecule has 3 nitrogen and oxygen atoms in total. The smallest absolute Gasteiger partial charge is 0.376 e. The van der Waals surface area contributed by atoms with E-state index >= 15 is 0 Å². The van der Waals surface area contributed by atoms with Gasteiger partial charge >= 0.3 is 9.28 Å². The third-order valence-corrected chi connectivity index (χ3v) is 4.75. The zero-order valence-electron chi connectivity index (χ0n) is 12.2. The van der Waals surface area contributed by atoms with Crippen LogP contribution in [0.3, 0.4) is 0 Å². The number of rotatable bonds is 6. The van der Waals surface area contributed by atoms with Gasteiger partial charge in [-0.05, 0) is 36.4 Å². The minimum Gasteiger partial charge on any atom is -0.376 e. The Labute approximate surface area is 132 Å². The molecule has 1 radical (unpaired) electrons. The third-order valence-electron chi connectivity index (χ3n) is 3.13. The van der Waals surface area contributed by atoms with Gasteiger partial charge in [-0.25, -0.2) is 0 Å². The molecule has 0 atom stereocenters. The molecule has 109 valence electrons. The van der Waals surface area contributed by atoms with Crippen LogP contribution in [0.1, 0.15) is 0 Å². The van der Waals surface area contributed by atoms with Crippen molar-refractivity contribution in [2.75, 3.05) is 14.9 Å². The van der Waals surface area contributed by atoms with E-state index < -0.39 is 9.28 Å². The van der Waals surface area contributed by atoms with Gasteiger partial charge in [-0.2, -0.15) is 0 Å². The van der Waals surface area contributed by atoms with Gasteiger partial charge in [0.25, 0.3) is 0 Å². The van der Waals surface area contributed by atoms with Gasteiger partial charge < -0.3 is 14.9 Å². The fourth-order valence-electron chi connectivity index (χ4n) is 2.09. The lowest BCUT2D eigenvalue weighted by molar-refractivity contribution is 1.56. The van der Waals surface area contributed by atoms with Crippen molar-refractivity contribution < 1.29 is 0 Å². The fraction of sp³-hybridized carbons (Fsp3) is 0. The number of anilines is 3. The van der Waals surface area contributed by atoms with E-state index in [0.717, 1.165) is 17.1 Å². The van der Waals surface area contributed by atoms with Gasteiger partial charge in [0.1, 0.15) is 0 Å². The lowest BCUT2D eigenvalue weighted by atomic mass is 10.3. The molecular weight excluding hydrogens is 286 g/mol. The van der Waals surface area contributed by atoms with Crippen LogP contribution in [0.2, 0.25) is 0 Å². The first-order chi connectivity index (χ1) is 10.9. The summed E-state index contributed by atoms with van der Waals surface area (Å²) in [6.07, 6.45) is 0. The second kappa shape index (κ2) is 7.33. The van der Waals surface area contributed by atoms with Crippen molar-refractivity contribution in [3.05, 3.63) is 91.0 Å². The van der Waals surface area contributed by atoms with Gasteiger partial charge in [0.05, 0.1) is 0 Å². The van der Waals surface area contributed by atoms with Crippen LogP contribution in [0.4, 0.5) is 17.1 Å². The highest BCUT2D eigenvalue weighted by Crippen LogP contribution is 2.12. The van der Waals surface area contributed by atoms with E-state index in [1.54, 1.807) is 0 Å². The molecule has 4 heteroatoms. The molecule has 0 aliphatic heterocycles. The predicted molar refractivity (Wildman–Crippen MR) is 95.9 cm³/mol. The Morgan fingerprint density at radius 1 is 0.409 bits per heavy atom. The summed E-state index contributed by atoms with van der Waals surface area (Å²) in [5, 5.41) is 0. The van der Waals surface area contributed by atoms with Crippen molar-refractivity contribution in [1.29, 1.82) is 0 Å². The molecule has 3 aromatic rings. The molecule has 0 aliphatic rings. The van der Waals surface area contributed by atoms with E-state index in [1.807, 2.05) is 54.6 Å². The Balaban J connectivity index is 1.75. The predicted octanol–water partition coefficient (Wildman–Crippen LogP) is 4.31. The van der Waals surface area contributed by atoms with E-state index in [2.05, 4.69) is 51.3 Å². The SMILES string of the molecule is c1ccc(N[Si](Nc2ccccc2)Nc2ccccc2)cc1.